The number of amides is 1. The predicted molar refractivity (Wildman–Crippen MR) is 123 cm³/mol. The maximum atomic E-state index is 12.9. The lowest BCUT2D eigenvalue weighted by Crippen LogP contribution is -2.44. The fourth-order valence-electron chi connectivity index (χ4n) is 3.68. The number of benzene rings is 1. The molecule has 0 radical (unpaired) electrons. The summed E-state index contributed by atoms with van der Waals surface area (Å²) in [5.41, 5.74) is 2.98. The number of ketones is 1. The average Bonchev–Trinajstić information content (AvgIpc) is 3.24. The van der Waals surface area contributed by atoms with Gasteiger partial charge in [0.05, 0.1) is 22.5 Å². The Hall–Kier alpha value is -2.92. The van der Waals surface area contributed by atoms with Crippen LogP contribution < -0.4 is 15.5 Å². The predicted octanol–water partition coefficient (Wildman–Crippen LogP) is 2.70. The Bertz CT molecular complexity index is 1280. The number of hydrogen-bond donors (Lipinski definition) is 3. The fraction of sp³-hybridized carbons (Fsp3) is 0.143. The number of hydrogen-bond acceptors (Lipinski definition) is 7. The van der Waals surface area contributed by atoms with Crippen molar-refractivity contribution < 1.29 is 18.0 Å². The summed E-state index contributed by atoms with van der Waals surface area (Å²) in [5, 5.41) is 7.04. The maximum absolute atomic E-state index is 12.9. The third kappa shape index (κ3) is 4.22. The largest absolute Gasteiger partial charge is 0.389 e. The topological polar surface area (TPSA) is 108 Å². The van der Waals surface area contributed by atoms with E-state index in [1.807, 2.05) is 30.3 Å². The van der Waals surface area contributed by atoms with Gasteiger partial charge in [-0.2, -0.15) is 0 Å². The Labute approximate surface area is 194 Å². The molecule has 0 fully saturated rings. The van der Waals surface area contributed by atoms with Gasteiger partial charge in [-0.15, -0.1) is 16.2 Å². The number of rotatable bonds is 7. The summed E-state index contributed by atoms with van der Waals surface area (Å²) < 4.78 is 26.0. The highest BCUT2D eigenvalue weighted by Gasteiger charge is 2.34. The minimum absolute atomic E-state index is 0.00353. The van der Waals surface area contributed by atoms with Crippen LogP contribution in [0.2, 0.25) is 4.34 Å². The third-order valence-corrected chi connectivity index (χ3v) is 8.09. The lowest BCUT2D eigenvalue weighted by atomic mass is 9.86. The molecule has 2 aromatic rings. The Morgan fingerprint density at radius 3 is 2.72 bits per heavy atom. The van der Waals surface area contributed by atoms with Crippen LogP contribution in [0.15, 0.2) is 69.9 Å². The number of nitrogens with one attached hydrogen (secondary N) is 3. The van der Waals surface area contributed by atoms with Crippen LogP contribution in [0, 0.1) is 0 Å². The van der Waals surface area contributed by atoms with Crippen molar-refractivity contribution in [3.8, 4) is 0 Å². The highest BCUT2D eigenvalue weighted by atomic mass is 35.5. The van der Waals surface area contributed by atoms with Gasteiger partial charge in [0, 0.05) is 18.3 Å². The number of thiophene rings is 1. The van der Waals surface area contributed by atoms with Gasteiger partial charge < -0.3 is 10.6 Å². The van der Waals surface area contributed by atoms with Crippen molar-refractivity contribution >= 4 is 51.2 Å². The minimum Gasteiger partial charge on any atom is -0.389 e. The zero-order valence-electron chi connectivity index (χ0n) is 16.8. The zero-order chi connectivity index (χ0) is 22.9. The molecule has 8 nitrogen and oxygen atoms in total. The van der Waals surface area contributed by atoms with Gasteiger partial charge in [-0.25, -0.2) is 13.4 Å². The Morgan fingerprint density at radius 2 is 2.03 bits per heavy atom. The second-order valence-electron chi connectivity index (χ2n) is 7.01. The van der Waals surface area contributed by atoms with Crippen LogP contribution in [0.3, 0.4) is 0 Å². The molecule has 0 spiro atoms. The first kappa shape index (κ1) is 22.3. The molecule has 32 heavy (non-hydrogen) atoms. The van der Waals surface area contributed by atoms with Crippen LogP contribution in [0.25, 0.3) is 6.08 Å². The van der Waals surface area contributed by atoms with Gasteiger partial charge in [-0.1, -0.05) is 35.9 Å². The lowest BCUT2D eigenvalue weighted by molar-refractivity contribution is -0.118. The van der Waals surface area contributed by atoms with Crippen molar-refractivity contribution in [3.63, 3.8) is 0 Å². The number of carbonyl (C=O) groups is 2. The molecule has 2 heterocycles. The van der Waals surface area contributed by atoms with Gasteiger partial charge in [0.2, 0.25) is 6.41 Å². The molecule has 166 valence electrons. The van der Waals surface area contributed by atoms with Crippen molar-refractivity contribution in [2.24, 2.45) is 0 Å². The summed E-state index contributed by atoms with van der Waals surface area (Å²) in [6, 6.07) is 9.98. The summed E-state index contributed by atoms with van der Waals surface area (Å²) in [7, 11) is -2.47. The number of halogens is 1. The monoisotopic (exact) mass is 490 g/mol. The van der Waals surface area contributed by atoms with E-state index in [-0.39, 0.29) is 22.1 Å². The first-order chi connectivity index (χ1) is 15.3. The smallest absolute Gasteiger partial charge is 0.267 e. The summed E-state index contributed by atoms with van der Waals surface area (Å²) in [6.45, 7) is 0. The maximum Gasteiger partial charge on any atom is 0.267 e. The van der Waals surface area contributed by atoms with Crippen LogP contribution in [0.4, 0.5) is 0 Å². The van der Waals surface area contributed by atoms with E-state index in [9.17, 15) is 18.0 Å². The molecule has 11 heteroatoms. The second kappa shape index (κ2) is 8.91. The molecule has 0 bridgehead atoms. The van der Waals surface area contributed by atoms with E-state index < -0.39 is 16.1 Å². The van der Waals surface area contributed by atoms with Gasteiger partial charge in [-0.05, 0) is 41.6 Å². The molecule has 2 aliphatic rings. The van der Waals surface area contributed by atoms with Crippen molar-refractivity contribution in [2.75, 3.05) is 7.05 Å². The van der Waals surface area contributed by atoms with E-state index in [0.29, 0.717) is 22.0 Å². The molecule has 1 amide bonds. The molecule has 1 atom stereocenters. The van der Waals surface area contributed by atoms with Crippen molar-refractivity contribution in [3.05, 3.63) is 81.1 Å². The van der Waals surface area contributed by atoms with E-state index in [1.165, 1.54) is 18.2 Å². The fourth-order valence-corrected chi connectivity index (χ4v) is 6.14. The summed E-state index contributed by atoms with van der Waals surface area (Å²) in [4.78, 5) is 26.9. The number of allylic oxidation sites excluding steroid dienone is 2. The summed E-state index contributed by atoms with van der Waals surface area (Å²) >= 11 is 6.75. The molecular weight excluding hydrogens is 472 g/mol. The number of nitrogens with zero attached hydrogens (tertiary/aromatic N) is 1. The molecule has 0 saturated carbocycles. The zero-order valence-corrected chi connectivity index (χ0v) is 19.2. The number of sulfonamides is 1. The summed E-state index contributed by atoms with van der Waals surface area (Å²) in [5.74, 6) is -0.166. The molecule has 1 aromatic heterocycles. The number of hydrazine groups is 1. The SMILES string of the molecule is CNC1=C(N(C=O)NS(=O)(=O)c2ccc(Cl)s2)C(C2NC=Cc3ccccc32)=CC(=O)C1. The van der Waals surface area contributed by atoms with E-state index in [2.05, 4.69) is 15.5 Å². The first-order valence-electron chi connectivity index (χ1n) is 9.53. The van der Waals surface area contributed by atoms with Crippen molar-refractivity contribution in [2.45, 2.75) is 16.7 Å². The summed E-state index contributed by atoms with van der Waals surface area (Å²) in [6.07, 6.45) is 5.47. The molecular formula is C21H19ClN4O4S2. The molecule has 4 rings (SSSR count). The van der Waals surface area contributed by atoms with E-state index in [4.69, 9.17) is 11.6 Å². The van der Waals surface area contributed by atoms with Gasteiger partial charge in [0.1, 0.15) is 4.21 Å². The van der Waals surface area contributed by atoms with Gasteiger partial charge in [0.15, 0.2) is 5.78 Å². The number of fused-ring (bicyclic) bond motifs is 1. The Balaban J connectivity index is 1.78. The Morgan fingerprint density at radius 1 is 1.25 bits per heavy atom. The highest BCUT2D eigenvalue weighted by Crippen LogP contribution is 2.37. The van der Waals surface area contributed by atoms with Crippen LogP contribution in [-0.4, -0.2) is 32.7 Å². The third-order valence-electron chi connectivity index (χ3n) is 5.05. The molecule has 3 N–H and O–H groups in total. The van der Waals surface area contributed by atoms with Crippen LogP contribution in [-0.2, 0) is 19.6 Å². The van der Waals surface area contributed by atoms with E-state index >= 15 is 0 Å². The van der Waals surface area contributed by atoms with Crippen molar-refractivity contribution in [1.82, 2.24) is 20.5 Å². The molecule has 0 saturated heterocycles. The van der Waals surface area contributed by atoms with Crippen LogP contribution >= 0.6 is 22.9 Å². The molecule has 1 unspecified atom stereocenters. The molecule has 1 aliphatic heterocycles. The molecule has 1 aliphatic carbocycles. The normalized spacial score (nSPS) is 18.0. The average molecular weight is 491 g/mol. The Kier molecular flexibility index (Phi) is 6.20. The van der Waals surface area contributed by atoms with E-state index in [0.717, 1.165) is 27.5 Å². The standard InChI is InChI=1S/C21H19ClN4O4S2/c1-23-17-11-14(28)10-16(20-15-5-3-2-4-13(15)8-9-24-20)21(17)26(12-27)25-32(29,30)19-7-6-18(22)31-19/h2-10,12,20,23-25H,11H2,1H3. The van der Waals surface area contributed by atoms with Crippen LogP contribution in [0.1, 0.15) is 23.6 Å². The van der Waals surface area contributed by atoms with Gasteiger partial charge in [-0.3, -0.25) is 9.59 Å². The van der Waals surface area contributed by atoms with Gasteiger partial charge >= 0.3 is 0 Å². The number of carbonyl (C=O) groups excluding carboxylic acids is 2. The first-order valence-corrected chi connectivity index (χ1v) is 12.2. The highest BCUT2D eigenvalue weighted by molar-refractivity contribution is 7.91. The molecule has 1 aromatic carbocycles. The quantitative estimate of drug-likeness (QED) is 0.407. The van der Waals surface area contributed by atoms with Crippen molar-refractivity contribution in [1.29, 1.82) is 0 Å². The second-order valence-corrected chi connectivity index (χ2v) is 10.6. The minimum atomic E-state index is -4.09. The van der Waals surface area contributed by atoms with Crippen LogP contribution in [0.5, 0.6) is 0 Å². The van der Waals surface area contributed by atoms with Gasteiger partial charge in [0.25, 0.3) is 10.0 Å². The lowest BCUT2D eigenvalue weighted by Gasteiger charge is -2.34. The van der Waals surface area contributed by atoms with E-state index in [1.54, 1.807) is 13.2 Å².